The quantitative estimate of drug-likeness (QED) is 0.167. The molecule has 0 aliphatic heterocycles. The predicted molar refractivity (Wildman–Crippen MR) is 273 cm³/mol. The highest BCUT2D eigenvalue weighted by Crippen LogP contribution is 2.69. The van der Waals surface area contributed by atoms with Gasteiger partial charge in [0, 0.05) is 48.1 Å². The summed E-state index contributed by atoms with van der Waals surface area (Å²) in [7, 11) is 0. The average molecular weight is 854 g/mol. The van der Waals surface area contributed by atoms with Crippen LogP contribution in [0.3, 0.4) is 0 Å². The molecule has 314 valence electrons. The predicted octanol–water partition coefficient (Wildman–Crippen LogP) is 17.4. The molecule has 1 aromatic heterocycles. The SMILES string of the molecule is c1ccc(-c2ccc(N(c3ccc4c(c3)C3(CCCC3)c3ccccc3-4)c3ccc4c(c3)sc3cc(-c5ccc6c(c5)-c5ccccc5C65C6CC7CC(C6)CC5C7)ccc34)cc2)cc1. The van der Waals surface area contributed by atoms with Crippen LogP contribution in [-0.4, -0.2) is 0 Å². The van der Waals surface area contributed by atoms with Gasteiger partial charge < -0.3 is 4.90 Å². The Morgan fingerprint density at radius 3 is 1.69 bits per heavy atom. The first-order valence-electron chi connectivity index (χ1n) is 24.5. The van der Waals surface area contributed by atoms with E-state index in [4.69, 9.17) is 0 Å². The van der Waals surface area contributed by atoms with E-state index >= 15 is 0 Å². The summed E-state index contributed by atoms with van der Waals surface area (Å²) >= 11 is 1.94. The molecule has 2 spiro atoms. The summed E-state index contributed by atoms with van der Waals surface area (Å²) in [5, 5.41) is 2.68. The van der Waals surface area contributed by atoms with Gasteiger partial charge in [0.15, 0.2) is 0 Å². The van der Waals surface area contributed by atoms with Gasteiger partial charge >= 0.3 is 0 Å². The van der Waals surface area contributed by atoms with Crippen LogP contribution in [0.1, 0.15) is 80.0 Å². The van der Waals surface area contributed by atoms with Crippen molar-refractivity contribution < 1.29 is 0 Å². The number of nitrogens with zero attached hydrogens (tertiary/aromatic N) is 1. The first-order valence-corrected chi connectivity index (χ1v) is 25.4. The smallest absolute Gasteiger partial charge is 0.0476 e. The van der Waals surface area contributed by atoms with E-state index in [1.165, 1.54) is 151 Å². The van der Waals surface area contributed by atoms with Crippen LogP contribution in [0.2, 0.25) is 0 Å². The number of hydrogen-bond acceptors (Lipinski definition) is 2. The molecule has 65 heavy (non-hydrogen) atoms. The molecule has 1 nitrogen and oxygen atoms in total. The van der Waals surface area contributed by atoms with Crippen molar-refractivity contribution >= 4 is 48.6 Å². The molecule has 8 aromatic carbocycles. The number of anilines is 3. The van der Waals surface area contributed by atoms with Gasteiger partial charge in [-0.25, -0.2) is 0 Å². The van der Waals surface area contributed by atoms with Crippen LogP contribution in [0.15, 0.2) is 176 Å². The molecule has 0 unspecified atom stereocenters. The summed E-state index contributed by atoms with van der Waals surface area (Å²) in [6.45, 7) is 0. The summed E-state index contributed by atoms with van der Waals surface area (Å²) < 4.78 is 2.68. The highest BCUT2D eigenvalue weighted by Gasteiger charge is 2.61. The molecule has 0 amide bonds. The maximum atomic E-state index is 2.57. The van der Waals surface area contributed by atoms with Gasteiger partial charge in [-0.3, -0.25) is 0 Å². The van der Waals surface area contributed by atoms with Crippen molar-refractivity contribution in [2.24, 2.45) is 23.7 Å². The molecule has 9 aromatic rings. The Morgan fingerprint density at radius 1 is 0.385 bits per heavy atom. The zero-order valence-corrected chi connectivity index (χ0v) is 37.6. The maximum Gasteiger partial charge on any atom is 0.0476 e. The van der Waals surface area contributed by atoms with Crippen molar-refractivity contribution in [3.05, 3.63) is 198 Å². The first kappa shape index (κ1) is 37.0. The molecule has 7 aliphatic rings. The lowest BCUT2D eigenvalue weighted by molar-refractivity contribution is -0.0399. The van der Waals surface area contributed by atoms with Crippen molar-refractivity contribution in [1.29, 1.82) is 0 Å². The van der Waals surface area contributed by atoms with Gasteiger partial charge in [-0.15, -0.1) is 11.3 Å². The van der Waals surface area contributed by atoms with E-state index in [9.17, 15) is 0 Å². The van der Waals surface area contributed by atoms with Gasteiger partial charge in [-0.05, 0) is 184 Å². The Morgan fingerprint density at radius 2 is 0.923 bits per heavy atom. The number of thiophene rings is 1. The number of hydrogen-bond donors (Lipinski definition) is 0. The second-order valence-electron chi connectivity index (χ2n) is 20.8. The van der Waals surface area contributed by atoms with Crippen molar-refractivity contribution in [2.45, 2.75) is 68.6 Å². The van der Waals surface area contributed by atoms with E-state index in [1.54, 1.807) is 11.1 Å². The van der Waals surface area contributed by atoms with Crippen molar-refractivity contribution in [3.63, 3.8) is 0 Å². The standard InChI is InChI=1S/C63H51NS/c1-2-10-41(11-3-1)42-16-20-47(21-17-42)64(48-22-25-52-50-12-4-6-14-56(50)62(59(52)37-48)28-8-9-29-62)49-23-26-54-53-24-18-44(36-60(53)65-61(54)38-49)43-19-27-58-55(35-43)51-13-5-7-15-57(51)63(58)45-31-39-30-40(33-45)34-46(63)32-39/h1-7,10-27,35-40,45-46H,8-9,28-34H2. The monoisotopic (exact) mass is 853 g/mol. The van der Waals surface area contributed by atoms with Gasteiger partial charge in [0.1, 0.15) is 0 Å². The Bertz CT molecular complexity index is 3370. The Kier molecular flexibility index (Phi) is 7.79. The van der Waals surface area contributed by atoms with Gasteiger partial charge in [-0.1, -0.05) is 140 Å². The van der Waals surface area contributed by atoms with E-state index in [0.29, 0.717) is 0 Å². The molecule has 1 heterocycles. The van der Waals surface area contributed by atoms with Crippen LogP contribution in [0.4, 0.5) is 17.1 Å². The molecule has 0 radical (unpaired) electrons. The molecule has 0 N–H and O–H groups in total. The van der Waals surface area contributed by atoms with Crippen molar-refractivity contribution in [1.82, 2.24) is 0 Å². The van der Waals surface area contributed by atoms with Crippen LogP contribution in [0.5, 0.6) is 0 Å². The highest BCUT2D eigenvalue weighted by atomic mass is 32.1. The van der Waals surface area contributed by atoms with Crippen LogP contribution in [-0.2, 0) is 10.8 Å². The third-order valence-electron chi connectivity index (χ3n) is 17.8. The Hall–Kier alpha value is -6.22. The number of fused-ring (bicyclic) bond motifs is 11. The molecule has 0 saturated heterocycles. The van der Waals surface area contributed by atoms with Crippen LogP contribution >= 0.6 is 11.3 Å². The molecule has 2 heteroatoms. The summed E-state index contributed by atoms with van der Waals surface area (Å²) in [5.41, 5.74) is 21.2. The molecule has 4 bridgehead atoms. The van der Waals surface area contributed by atoms with Gasteiger partial charge in [-0.2, -0.15) is 0 Å². The second-order valence-corrected chi connectivity index (χ2v) is 21.9. The molecule has 16 rings (SSSR count). The summed E-state index contributed by atoms with van der Waals surface area (Å²) in [4.78, 5) is 2.51. The zero-order chi connectivity index (χ0) is 42.4. The van der Waals surface area contributed by atoms with Gasteiger partial charge in [0.25, 0.3) is 0 Å². The summed E-state index contributed by atoms with van der Waals surface area (Å²) in [6, 6.07) is 68.1. The van der Waals surface area contributed by atoms with E-state index in [0.717, 1.165) is 23.7 Å². The van der Waals surface area contributed by atoms with E-state index < -0.39 is 0 Å². The highest BCUT2D eigenvalue weighted by molar-refractivity contribution is 7.25. The Balaban J connectivity index is 0.832. The fraction of sp³-hybridized carbons (Fsp3) is 0.238. The normalized spacial score (nSPS) is 23.6. The van der Waals surface area contributed by atoms with Crippen molar-refractivity contribution in [2.75, 3.05) is 4.90 Å². The molecular formula is C63H51NS. The largest absolute Gasteiger partial charge is 0.310 e. The summed E-state index contributed by atoms with van der Waals surface area (Å²) in [5.74, 6) is 3.50. The second kappa shape index (κ2) is 13.7. The van der Waals surface area contributed by atoms with E-state index in [1.807, 2.05) is 11.3 Å². The van der Waals surface area contributed by atoms with Gasteiger partial charge in [0.05, 0.1) is 0 Å². The molecule has 5 saturated carbocycles. The third-order valence-corrected chi connectivity index (χ3v) is 18.9. The lowest BCUT2D eigenvalue weighted by Gasteiger charge is -2.61. The maximum absolute atomic E-state index is 2.57. The zero-order valence-electron chi connectivity index (χ0n) is 36.8. The number of benzene rings is 8. The minimum atomic E-state index is 0.108. The van der Waals surface area contributed by atoms with Crippen LogP contribution in [0.25, 0.3) is 64.7 Å². The molecular weight excluding hydrogens is 803 g/mol. The Labute approximate surface area is 386 Å². The third kappa shape index (κ3) is 5.15. The summed E-state index contributed by atoms with van der Waals surface area (Å²) in [6.07, 6.45) is 12.2. The number of rotatable bonds is 5. The minimum Gasteiger partial charge on any atom is -0.310 e. The fourth-order valence-electron chi connectivity index (χ4n) is 15.4. The fourth-order valence-corrected chi connectivity index (χ4v) is 16.6. The molecule has 5 fully saturated rings. The molecule has 7 aliphatic carbocycles. The van der Waals surface area contributed by atoms with Crippen molar-refractivity contribution in [3.8, 4) is 44.5 Å². The first-order chi connectivity index (χ1) is 32.1. The van der Waals surface area contributed by atoms with E-state index in [-0.39, 0.29) is 10.8 Å². The lowest BCUT2D eigenvalue weighted by atomic mass is 9.43. The average Bonchev–Trinajstić information content (AvgIpc) is 4.12. The molecule has 0 atom stereocenters. The topological polar surface area (TPSA) is 3.24 Å². The van der Waals surface area contributed by atoms with Crippen LogP contribution in [0, 0.1) is 23.7 Å². The van der Waals surface area contributed by atoms with Crippen LogP contribution < -0.4 is 4.90 Å². The minimum absolute atomic E-state index is 0.108. The van der Waals surface area contributed by atoms with E-state index in [2.05, 4.69) is 181 Å². The van der Waals surface area contributed by atoms with Gasteiger partial charge in [0.2, 0.25) is 0 Å². The lowest BCUT2D eigenvalue weighted by Crippen LogP contribution is -2.55.